The number of hydrogen-bond donors (Lipinski definition) is 2. The van der Waals surface area contributed by atoms with Gasteiger partial charge < -0.3 is 33.9 Å². The molecule has 3 heterocycles. The van der Waals surface area contributed by atoms with Gasteiger partial charge in [0.05, 0.1) is 50.2 Å². The summed E-state index contributed by atoms with van der Waals surface area (Å²) in [7, 11) is 0. The lowest BCUT2D eigenvalue weighted by Crippen LogP contribution is -2.54. The first-order chi connectivity index (χ1) is 19.7. The Morgan fingerprint density at radius 2 is 1.43 bits per heavy atom. The molecule has 3 saturated heterocycles. The zero-order valence-corrected chi connectivity index (χ0v) is 27.1. The van der Waals surface area contributed by atoms with Gasteiger partial charge in [0.1, 0.15) is 0 Å². The molecule has 6 fully saturated rings. The number of carbonyl (C=O) groups is 1. The van der Waals surface area contributed by atoms with Crippen molar-refractivity contribution in [3.8, 4) is 0 Å². The Labute approximate surface area is 252 Å². The van der Waals surface area contributed by atoms with Crippen molar-refractivity contribution in [3.05, 3.63) is 0 Å². The topological polar surface area (TPSA) is 104 Å². The molecule has 0 aromatic carbocycles. The van der Waals surface area contributed by atoms with Gasteiger partial charge in [-0.1, -0.05) is 41.5 Å². The van der Waals surface area contributed by atoms with E-state index >= 15 is 0 Å². The van der Waals surface area contributed by atoms with Crippen LogP contribution in [0.4, 0.5) is 0 Å². The number of hydrogen-bond acceptors (Lipinski definition) is 8. The van der Waals surface area contributed by atoms with E-state index in [1.807, 2.05) is 6.92 Å². The van der Waals surface area contributed by atoms with Gasteiger partial charge >= 0.3 is 5.97 Å². The predicted molar refractivity (Wildman–Crippen MR) is 156 cm³/mol. The third-order valence-corrected chi connectivity index (χ3v) is 13.6. The molecular weight excluding hydrogens is 536 g/mol. The molecule has 3 saturated carbocycles. The van der Waals surface area contributed by atoms with Crippen LogP contribution in [0, 0.1) is 58.2 Å². The summed E-state index contributed by atoms with van der Waals surface area (Å²) in [6.07, 6.45) is 5.40. The highest BCUT2D eigenvalue weighted by Gasteiger charge is 2.65. The SMILES string of the molecule is CC(C)[C@H](C)[C@H]1OC(C)(CO)O[C@@H]1[C@@H](C)[C@H]1CC[C@H]2[C@@H]3COC(=O)[C@H]4C[C@@H]5OC(C)(CO)O[C@@H]5C[C@]4(C)[C@H]3CC[C@]12C. The number of carbonyl (C=O) groups excluding carboxylic acids is 1. The second-order valence-corrected chi connectivity index (χ2v) is 16.3. The number of fused-ring (bicyclic) bond motifs is 6. The van der Waals surface area contributed by atoms with Gasteiger partial charge in [-0.25, -0.2) is 0 Å². The van der Waals surface area contributed by atoms with Crippen LogP contribution in [-0.4, -0.2) is 72.0 Å². The maximum atomic E-state index is 13.6. The summed E-state index contributed by atoms with van der Waals surface area (Å²) < 4.78 is 31.6. The zero-order valence-electron chi connectivity index (χ0n) is 27.1. The van der Waals surface area contributed by atoms with Crippen LogP contribution < -0.4 is 0 Å². The van der Waals surface area contributed by atoms with Gasteiger partial charge in [0.15, 0.2) is 11.6 Å². The van der Waals surface area contributed by atoms with Crippen LogP contribution in [0.5, 0.6) is 0 Å². The van der Waals surface area contributed by atoms with Crippen LogP contribution in [0.25, 0.3) is 0 Å². The Hall–Kier alpha value is -0.770. The van der Waals surface area contributed by atoms with Crippen molar-refractivity contribution in [2.75, 3.05) is 19.8 Å². The van der Waals surface area contributed by atoms with Crippen LogP contribution in [0.15, 0.2) is 0 Å². The summed E-state index contributed by atoms with van der Waals surface area (Å²) in [5.41, 5.74) is -0.104. The summed E-state index contributed by atoms with van der Waals surface area (Å²) in [6.45, 7) is 17.7. The molecule has 240 valence electrons. The van der Waals surface area contributed by atoms with E-state index < -0.39 is 11.6 Å². The molecule has 8 nitrogen and oxygen atoms in total. The first-order valence-corrected chi connectivity index (χ1v) is 16.8. The minimum absolute atomic E-state index is 0.0527. The summed E-state index contributed by atoms with van der Waals surface area (Å²) in [4.78, 5) is 13.6. The molecule has 0 aromatic rings. The van der Waals surface area contributed by atoms with E-state index in [9.17, 15) is 15.0 Å². The van der Waals surface area contributed by atoms with Crippen molar-refractivity contribution < 1.29 is 38.7 Å². The van der Waals surface area contributed by atoms with Gasteiger partial charge in [0.25, 0.3) is 0 Å². The van der Waals surface area contributed by atoms with E-state index in [0.717, 1.165) is 32.1 Å². The molecule has 0 spiro atoms. The van der Waals surface area contributed by atoms with Crippen molar-refractivity contribution in [2.24, 2.45) is 58.2 Å². The van der Waals surface area contributed by atoms with Crippen LogP contribution in [0.1, 0.15) is 93.9 Å². The molecule has 3 aliphatic carbocycles. The number of cyclic esters (lactones) is 1. The van der Waals surface area contributed by atoms with Gasteiger partial charge in [-0.05, 0) is 105 Å². The zero-order chi connectivity index (χ0) is 30.4. The van der Waals surface area contributed by atoms with E-state index in [0.29, 0.717) is 48.5 Å². The summed E-state index contributed by atoms with van der Waals surface area (Å²) in [6, 6.07) is 0. The third kappa shape index (κ3) is 4.72. The number of aliphatic hydroxyl groups is 2. The molecule has 6 rings (SSSR count). The van der Waals surface area contributed by atoms with Crippen LogP contribution in [0.3, 0.4) is 0 Å². The molecular formula is C34H56O8. The normalized spacial score (nSPS) is 53.5. The Bertz CT molecular complexity index is 1040. The van der Waals surface area contributed by atoms with E-state index in [1.165, 1.54) is 0 Å². The lowest BCUT2D eigenvalue weighted by atomic mass is 9.48. The first-order valence-electron chi connectivity index (χ1n) is 16.8. The largest absolute Gasteiger partial charge is 0.465 e. The smallest absolute Gasteiger partial charge is 0.309 e. The molecule has 3 aliphatic heterocycles. The fourth-order valence-corrected chi connectivity index (χ4v) is 10.9. The van der Waals surface area contributed by atoms with Gasteiger partial charge in [-0.2, -0.15) is 0 Å². The molecule has 6 aliphatic rings. The average Bonchev–Trinajstić information content (AvgIpc) is 3.58. The molecule has 2 N–H and O–H groups in total. The lowest BCUT2D eigenvalue weighted by Gasteiger charge is -2.56. The second kappa shape index (κ2) is 10.7. The highest BCUT2D eigenvalue weighted by atomic mass is 16.8. The van der Waals surface area contributed by atoms with Crippen molar-refractivity contribution >= 4 is 5.97 Å². The fourth-order valence-electron chi connectivity index (χ4n) is 10.9. The minimum atomic E-state index is -0.998. The standard InChI is InChI=1S/C34H56O8/c1-18(2)19(3)28-29(42-34(8,17-36)41-28)20(4)22-9-10-23-21-15-38-30(37)25-13-26-27(40-33(7,16-35)39-26)14-32(25,6)24(21)11-12-31(22,23)5/h18-29,35-36H,9-17H2,1-8H3/t19-,20-,21-,22+,23-,24-,25+,26-,27+,28+,29+,31+,32+,33?,34?/m0/s1. The molecule has 8 heteroatoms. The molecule has 0 bridgehead atoms. The van der Waals surface area contributed by atoms with E-state index in [1.54, 1.807) is 6.92 Å². The van der Waals surface area contributed by atoms with E-state index in [2.05, 4.69) is 41.5 Å². The molecule has 15 atom stereocenters. The van der Waals surface area contributed by atoms with Gasteiger partial charge in [0, 0.05) is 0 Å². The number of esters is 1. The van der Waals surface area contributed by atoms with Gasteiger partial charge in [0.2, 0.25) is 0 Å². The predicted octanol–water partition coefficient (Wildman–Crippen LogP) is 4.93. The molecule has 2 unspecified atom stereocenters. The Morgan fingerprint density at radius 1 is 0.810 bits per heavy atom. The monoisotopic (exact) mass is 592 g/mol. The van der Waals surface area contributed by atoms with Crippen molar-refractivity contribution in [1.82, 2.24) is 0 Å². The van der Waals surface area contributed by atoms with Crippen LogP contribution in [-0.2, 0) is 28.5 Å². The minimum Gasteiger partial charge on any atom is -0.465 e. The maximum absolute atomic E-state index is 13.6. The van der Waals surface area contributed by atoms with Crippen molar-refractivity contribution in [1.29, 1.82) is 0 Å². The quantitative estimate of drug-likeness (QED) is 0.419. The lowest BCUT2D eigenvalue weighted by molar-refractivity contribution is -0.193. The second-order valence-electron chi connectivity index (χ2n) is 16.3. The van der Waals surface area contributed by atoms with Crippen molar-refractivity contribution in [2.45, 2.75) is 130 Å². The maximum Gasteiger partial charge on any atom is 0.309 e. The molecule has 0 amide bonds. The van der Waals surface area contributed by atoms with Gasteiger partial charge in [-0.15, -0.1) is 0 Å². The van der Waals surface area contributed by atoms with Crippen LogP contribution in [0.2, 0.25) is 0 Å². The fraction of sp³-hybridized carbons (Fsp3) is 0.971. The Balaban J connectivity index is 1.25. The third-order valence-electron chi connectivity index (χ3n) is 13.6. The number of ether oxygens (including phenoxy) is 5. The summed E-state index contributed by atoms with van der Waals surface area (Å²) >= 11 is 0. The number of rotatable bonds is 6. The molecule has 0 radical (unpaired) electrons. The first kappa shape index (κ1) is 31.2. The number of aliphatic hydroxyl groups excluding tert-OH is 2. The van der Waals surface area contributed by atoms with Crippen molar-refractivity contribution in [3.63, 3.8) is 0 Å². The average molecular weight is 593 g/mol. The molecule has 0 aromatic heterocycles. The van der Waals surface area contributed by atoms with E-state index in [4.69, 9.17) is 23.7 Å². The summed E-state index contributed by atoms with van der Waals surface area (Å²) in [5, 5.41) is 20.0. The van der Waals surface area contributed by atoms with E-state index in [-0.39, 0.29) is 66.3 Å². The highest BCUT2D eigenvalue weighted by Crippen LogP contribution is 2.67. The molecule has 42 heavy (non-hydrogen) atoms. The van der Waals surface area contributed by atoms with Crippen LogP contribution >= 0.6 is 0 Å². The van der Waals surface area contributed by atoms with Gasteiger partial charge in [-0.3, -0.25) is 4.79 Å². The summed E-state index contributed by atoms with van der Waals surface area (Å²) in [5.74, 6) is 0.431. The highest BCUT2D eigenvalue weighted by molar-refractivity contribution is 5.74. The Morgan fingerprint density at radius 3 is 2.10 bits per heavy atom. The Kier molecular flexibility index (Phi) is 7.92.